The number of hydrogen-bond donors (Lipinski definition) is 3. The van der Waals surface area contributed by atoms with Gasteiger partial charge < -0.3 is 20.9 Å². The smallest absolute Gasteiger partial charge is 0.322 e. The highest BCUT2D eigenvalue weighted by Crippen LogP contribution is 2.21. The molecule has 122 valence electrons. The number of ether oxygens (including phenoxy) is 1. The van der Waals surface area contributed by atoms with E-state index in [2.05, 4.69) is 26.2 Å². The van der Waals surface area contributed by atoms with E-state index in [1.54, 1.807) is 12.3 Å². The average molecular weight is 373 g/mol. The fraction of sp³-hybridized carbons (Fsp3) is 0.571. The van der Waals surface area contributed by atoms with Crippen LogP contribution in [0.25, 0.3) is 0 Å². The maximum atomic E-state index is 11.6. The van der Waals surface area contributed by atoms with Gasteiger partial charge >= 0.3 is 5.97 Å². The van der Waals surface area contributed by atoms with Crippen LogP contribution in [0.3, 0.4) is 0 Å². The molecule has 1 aliphatic rings. The summed E-state index contributed by atoms with van der Waals surface area (Å²) in [6, 6.07) is 1.14. The molecular formula is C14H21BrN4O3. The number of carboxylic acids is 1. The first-order chi connectivity index (χ1) is 10.4. The van der Waals surface area contributed by atoms with Crippen molar-refractivity contribution >= 4 is 33.4 Å². The topological polar surface area (TPSA) is 101 Å². The normalized spacial score (nSPS) is 24.0. The molecule has 0 aromatic carbocycles. The Morgan fingerprint density at radius 2 is 2.23 bits per heavy atom. The Labute approximate surface area is 138 Å². The fourth-order valence-corrected chi connectivity index (χ4v) is 2.97. The minimum absolute atomic E-state index is 0.0169. The number of pyridine rings is 1. The highest BCUT2D eigenvalue weighted by Gasteiger charge is 2.32. The summed E-state index contributed by atoms with van der Waals surface area (Å²) in [7, 11) is 0. The molecule has 1 fully saturated rings. The van der Waals surface area contributed by atoms with Crippen LogP contribution in [0.5, 0.6) is 0 Å². The van der Waals surface area contributed by atoms with E-state index >= 15 is 0 Å². The lowest BCUT2D eigenvalue weighted by molar-refractivity contribution is -0.148. The zero-order valence-corrected chi connectivity index (χ0v) is 14.2. The quantitative estimate of drug-likeness (QED) is 0.717. The first-order valence-electron chi connectivity index (χ1n) is 7.14. The van der Waals surface area contributed by atoms with Crippen LogP contribution in [0.2, 0.25) is 0 Å². The van der Waals surface area contributed by atoms with Gasteiger partial charge in [0.1, 0.15) is 11.9 Å². The van der Waals surface area contributed by atoms with Crippen molar-refractivity contribution in [3.05, 3.63) is 16.7 Å². The third-order valence-corrected chi connectivity index (χ3v) is 3.98. The van der Waals surface area contributed by atoms with Crippen LogP contribution in [0.1, 0.15) is 13.8 Å². The van der Waals surface area contributed by atoms with Gasteiger partial charge in [-0.25, -0.2) is 4.98 Å². The molecule has 0 amide bonds. The summed E-state index contributed by atoms with van der Waals surface area (Å²) in [6.07, 6.45) is 1.63. The van der Waals surface area contributed by atoms with Crippen LogP contribution in [-0.4, -0.2) is 58.8 Å². The molecule has 0 spiro atoms. The third kappa shape index (κ3) is 4.31. The van der Waals surface area contributed by atoms with Crippen LogP contribution < -0.4 is 11.1 Å². The number of aromatic nitrogens is 1. The van der Waals surface area contributed by atoms with Crippen LogP contribution >= 0.6 is 15.9 Å². The standard InChI is InChI=1S/C14H21BrN4O3/c1-8-6-19(7-9(2)22-8)12(14(20)21)5-17-11-3-10(15)4-18-13(11)16/h3-4,8-9,12,17H,5-7H2,1-2H3,(H2,16,18)(H,20,21)/t8-,9+,12?. The molecule has 0 aliphatic carbocycles. The molecule has 0 saturated carbocycles. The predicted molar refractivity (Wildman–Crippen MR) is 87.8 cm³/mol. The van der Waals surface area contributed by atoms with E-state index < -0.39 is 12.0 Å². The number of morpholine rings is 1. The van der Waals surface area contributed by atoms with Gasteiger partial charge in [-0.3, -0.25) is 9.69 Å². The Kier molecular flexibility index (Phi) is 5.60. The molecule has 2 rings (SSSR count). The summed E-state index contributed by atoms with van der Waals surface area (Å²) < 4.78 is 6.43. The highest BCUT2D eigenvalue weighted by atomic mass is 79.9. The maximum Gasteiger partial charge on any atom is 0.322 e. The van der Waals surface area contributed by atoms with E-state index in [1.165, 1.54) is 0 Å². The number of rotatable bonds is 5. The van der Waals surface area contributed by atoms with Gasteiger partial charge in [-0.05, 0) is 35.8 Å². The first kappa shape index (κ1) is 17.0. The molecule has 2 heterocycles. The predicted octanol–water partition coefficient (Wildman–Crippen LogP) is 1.40. The van der Waals surface area contributed by atoms with Crippen molar-refractivity contribution < 1.29 is 14.6 Å². The third-order valence-electron chi connectivity index (χ3n) is 3.54. The molecule has 1 saturated heterocycles. The van der Waals surface area contributed by atoms with Crippen molar-refractivity contribution in [3.8, 4) is 0 Å². The average Bonchev–Trinajstić information content (AvgIpc) is 2.41. The van der Waals surface area contributed by atoms with Crippen LogP contribution in [0.15, 0.2) is 16.7 Å². The number of aliphatic carboxylic acids is 1. The van der Waals surface area contributed by atoms with E-state index in [-0.39, 0.29) is 18.8 Å². The Morgan fingerprint density at radius 3 is 2.82 bits per heavy atom. The van der Waals surface area contributed by atoms with E-state index in [9.17, 15) is 9.90 Å². The van der Waals surface area contributed by atoms with Crippen molar-refractivity contribution in [1.29, 1.82) is 0 Å². The number of halogens is 1. The Hall–Kier alpha value is -1.38. The minimum atomic E-state index is -0.865. The van der Waals surface area contributed by atoms with Crippen molar-refractivity contribution in [2.75, 3.05) is 30.7 Å². The number of carboxylic acid groups (broad SMARTS) is 1. The molecular weight excluding hydrogens is 352 g/mol. The summed E-state index contributed by atoms with van der Waals surface area (Å²) in [5.74, 6) is -0.522. The summed E-state index contributed by atoms with van der Waals surface area (Å²) in [5.41, 5.74) is 6.42. The number of nitrogens with zero attached hydrogens (tertiary/aromatic N) is 2. The second-order valence-corrected chi connectivity index (χ2v) is 6.45. The summed E-state index contributed by atoms with van der Waals surface area (Å²) in [6.45, 7) is 5.33. The zero-order chi connectivity index (χ0) is 16.3. The molecule has 1 unspecified atom stereocenters. The Balaban J connectivity index is 2.06. The van der Waals surface area contributed by atoms with Gasteiger partial charge in [0.2, 0.25) is 0 Å². The van der Waals surface area contributed by atoms with Crippen LogP contribution in [-0.2, 0) is 9.53 Å². The van der Waals surface area contributed by atoms with Gasteiger partial charge in [0.25, 0.3) is 0 Å². The van der Waals surface area contributed by atoms with Gasteiger partial charge in [0.05, 0.1) is 17.9 Å². The zero-order valence-electron chi connectivity index (χ0n) is 12.6. The second kappa shape index (κ2) is 7.26. The SMILES string of the molecule is C[C@@H]1CN(C(CNc2cc(Br)cnc2N)C(=O)O)C[C@H](C)O1. The highest BCUT2D eigenvalue weighted by molar-refractivity contribution is 9.10. The number of nitrogens with two attached hydrogens (primary N) is 1. The fourth-order valence-electron chi connectivity index (χ4n) is 2.64. The Morgan fingerprint density at radius 1 is 1.59 bits per heavy atom. The van der Waals surface area contributed by atoms with Crippen LogP contribution in [0.4, 0.5) is 11.5 Å². The number of hydrogen-bond acceptors (Lipinski definition) is 6. The molecule has 4 N–H and O–H groups in total. The molecule has 0 radical (unpaired) electrons. The van der Waals surface area contributed by atoms with Crippen molar-refractivity contribution in [3.63, 3.8) is 0 Å². The summed E-state index contributed by atoms with van der Waals surface area (Å²) in [5, 5.41) is 12.6. The van der Waals surface area contributed by atoms with Gasteiger partial charge in [-0.2, -0.15) is 0 Å². The van der Waals surface area contributed by atoms with Gasteiger partial charge in [0, 0.05) is 30.3 Å². The largest absolute Gasteiger partial charge is 0.480 e. The minimum Gasteiger partial charge on any atom is -0.480 e. The number of anilines is 2. The molecule has 3 atom stereocenters. The molecule has 1 aliphatic heterocycles. The maximum absolute atomic E-state index is 11.6. The number of nitrogen functional groups attached to an aromatic ring is 1. The van der Waals surface area contributed by atoms with Gasteiger partial charge in [-0.1, -0.05) is 0 Å². The van der Waals surface area contributed by atoms with Crippen LogP contribution in [0, 0.1) is 0 Å². The van der Waals surface area contributed by atoms with E-state index in [0.717, 1.165) is 4.47 Å². The molecule has 8 heteroatoms. The lowest BCUT2D eigenvalue weighted by atomic mass is 10.1. The van der Waals surface area contributed by atoms with Gasteiger partial charge in [-0.15, -0.1) is 0 Å². The molecule has 7 nitrogen and oxygen atoms in total. The second-order valence-electron chi connectivity index (χ2n) is 5.53. The molecule has 0 bridgehead atoms. The summed E-state index contributed by atoms with van der Waals surface area (Å²) >= 11 is 3.32. The lowest BCUT2D eigenvalue weighted by Gasteiger charge is -2.38. The van der Waals surface area contributed by atoms with Crippen molar-refractivity contribution in [2.24, 2.45) is 0 Å². The van der Waals surface area contributed by atoms with Crippen molar-refractivity contribution in [2.45, 2.75) is 32.1 Å². The van der Waals surface area contributed by atoms with E-state index in [0.29, 0.717) is 24.6 Å². The number of carbonyl (C=O) groups is 1. The monoisotopic (exact) mass is 372 g/mol. The molecule has 1 aromatic heterocycles. The summed E-state index contributed by atoms with van der Waals surface area (Å²) in [4.78, 5) is 17.6. The lowest BCUT2D eigenvalue weighted by Crippen LogP contribution is -2.54. The molecule has 1 aromatic rings. The van der Waals surface area contributed by atoms with E-state index in [4.69, 9.17) is 10.5 Å². The van der Waals surface area contributed by atoms with Gasteiger partial charge in [0.15, 0.2) is 0 Å². The van der Waals surface area contributed by atoms with E-state index in [1.807, 2.05) is 18.7 Å². The number of nitrogens with one attached hydrogen (secondary N) is 1. The first-order valence-corrected chi connectivity index (χ1v) is 7.93. The molecule has 22 heavy (non-hydrogen) atoms. The van der Waals surface area contributed by atoms with Crippen molar-refractivity contribution in [1.82, 2.24) is 9.88 Å². The Bertz CT molecular complexity index is 533.